The van der Waals surface area contributed by atoms with E-state index in [9.17, 15) is 20.4 Å². The van der Waals surface area contributed by atoms with E-state index in [1.165, 1.54) is 0 Å². The molecule has 4 aliphatic rings. The van der Waals surface area contributed by atoms with E-state index < -0.39 is 11.2 Å². The van der Waals surface area contributed by atoms with Crippen molar-refractivity contribution in [1.82, 2.24) is 0 Å². The van der Waals surface area contributed by atoms with Gasteiger partial charge < -0.3 is 20.4 Å². The lowest BCUT2D eigenvalue weighted by Gasteiger charge is -2.68. The van der Waals surface area contributed by atoms with E-state index in [2.05, 4.69) is 20.8 Å². The molecule has 0 saturated heterocycles. The summed E-state index contributed by atoms with van der Waals surface area (Å²) in [6, 6.07) is 0. The van der Waals surface area contributed by atoms with Crippen molar-refractivity contribution in [2.75, 3.05) is 6.61 Å². The van der Waals surface area contributed by atoms with E-state index in [1.54, 1.807) is 0 Å². The van der Waals surface area contributed by atoms with Gasteiger partial charge in [-0.3, -0.25) is 0 Å². The first-order valence-corrected chi connectivity index (χ1v) is 9.78. The minimum Gasteiger partial charge on any atom is -0.393 e. The number of aliphatic hydroxyl groups is 4. The van der Waals surface area contributed by atoms with E-state index in [4.69, 9.17) is 0 Å². The molecule has 1 spiro atoms. The van der Waals surface area contributed by atoms with Crippen LogP contribution in [0.4, 0.5) is 0 Å². The van der Waals surface area contributed by atoms with E-state index in [0.717, 1.165) is 38.5 Å². The van der Waals surface area contributed by atoms with Crippen LogP contribution in [0.15, 0.2) is 0 Å². The third-order valence-corrected chi connectivity index (χ3v) is 9.49. The predicted molar refractivity (Wildman–Crippen MR) is 91.2 cm³/mol. The molecule has 0 aromatic carbocycles. The Balaban J connectivity index is 1.80. The third kappa shape index (κ3) is 1.74. The first kappa shape index (κ1) is 17.3. The van der Waals surface area contributed by atoms with Crippen molar-refractivity contribution in [3.8, 4) is 0 Å². The van der Waals surface area contributed by atoms with Crippen LogP contribution in [-0.2, 0) is 0 Å². The van der Waals surface area contributed by atoms with Crippen molar-refractivity contribution in [3.63, 3.8) is 0 Å². The smallest absolute Gasteiger partial charge is 0.0906 e. The number of rotatable bonds is 1. The van der Waals surface area contributed by atoms with Crippen LogP contribution in [0.5, 0.6) is 0 Å². The summed E-state index contributed by atoms with van der Waals surface area (Å²) in [6.45, 7) is 6.54. The van der Waals surface area contributed by atoms with Crippen LogP contribution in [-0.4, -0.2) is 44.3 Å². The summed E-state index contributed by atoms with van der Waals surface area (Å²) in [5.41, 5.74) is -2.05. The zero-order valence-corrected chi connectivity index (χ0v) is 15.4. The van der Waals surface area contributed by atoms with Crippen molar-refractivity contribution in [2.45, 2.75) is 89.4 Å². The Labute approximate surface area is 145 Å². The zero-order valence-electron chi connectivity index (χ0n) is 15.4. The lowest BCUT2D eigenvalue weighted by atomic mass is 9.38. The Morgan fingerprint density at radius 2 is 1.62 bits per heavy atom. The normalized spacial score (nSPS) is 58.9. The van der Waals surface area contributed by atoms with Gasteiger partial charge in [0.05, 0.1) is 23.9 Å². The first-order valence-electron chi connectivity index (χ1n) is 9.78. The lowest BCUT2D eigenvalue weighted by Crippen LogP contribution is -2.66. The van der Waals surface area contributed by atoms with Crippen LogP contribution in [0, 0.1) is 28.1 Å². The molecule has 4 aliphatic carbocycles. The summed E-state index contributed by atoms with van der Waals surface area (Å²) >= 11 is 0. The molecule has 7 atom stereocenters. The third-order valence-electron chi connectivity index (χ3n) is 9.49. The Kier molecular flexibility index (Phi) is 3.42. The standard InChI is InChI=1S/C20H34O4/c1-16(2)14-4-7-20(24)11-13-10-19(20,9-8-18(13,23)12-21)17(14,3)6-5-15(16)22/h13-15,21-24H,4-12H2,1-3H3/t13-,14?,15+,17+,18-,19+,20-/m1/s1. The number of fused-ring (bicyclic) bond motifs is 2. The van der Waals surface area contributed by atoms with Crippen LogP contribution in [0.1, 0.15) is 72.1 Å². The van der Waals surface area contributed by atoms with Crippen molar-refractivity contribution < 1.29 is 20.4 Å². The fourth-order valence-electron chi connectivity index (χ4n) is 7.92. The highest BCUT2D eigenvalue weighted by atomic mass is 16.3. The predicted octanol–water partition coefficient (Wildman–Crippen LogP) is 2.23. The molecule has 4 rings (SSSR count). The molecule has 4 nitrogen and oxygen atoms in total. The molecule has 0 aromatic rings. The maximum Gasteiger partial charge on any atom is 0.0906 e. The topological polar surface area (TPSA) is 80.9 Å². The van der Waals surface area contributed by atoms with Gasteiger partial charge in [0.1, 0.15) is 0 Å². The van der Waals surface area contributed by atoms with Gasteiger partial charge in [-0.1, -0.05) is 20.8 Å². The molecule has 0 aromatic heterocycles. The molecule has 0 radical (unpaired) electrons. The minimum atomic E-state index is -1.02. The maximum absolute atomic E-state index is 11.7. The van der Waals surface area contributed by atoms with Gasteiger partial charge in [0.2, 0.25) is 0 Å². The zero-order chi connectivity index (χ0) is 17.6. The fourth-order valence-corrected chi connectivity index (χ4v) is 7.92. The van der Waals surface area contributed by atoms with Crippen LogP contribution in [0.25, 0.3) is 0 Å². The first-order chi connectivity index (χ1) is 11.0. The molecule has 4 fully saturated rings. The van der Waals surface area contributed by atoms with E-state index in [1.807, 2.05) is 0 Å². The van der Waals surface area contributed by atoms with Crippen molar-refractivity contribution in [2.24, 2.45) is 28.1 Å². The maximum atomic E-state index is 11.7. The van der Waals surface area contributed by atoms with Gasteiger partial charge >= 0.3 is 0 Å². The van der Waals surface area contributed by atoms with Crippen molar-refractivity contribution in [1.29, 1.82) is 0 Å². The van der Waals surface area contributed by atoms with Crippen LogP contribution < -0.4 is 0 Å². The van der Waals surface area contributed by atoms with Crippen LogP contribution in [0.2, 0.25) is 0 Å². The second-order valence-corrected chi connectivity index (χ2v) is 10.4. The van der Waals surface area contributed by atoms with Gasteiger partial charge in [-0.05, 0) is 74.0 Å². The lowest BCUT2D eigenvalue weighted by molar-refractivity contribution is -0.248. The molecule has 24 heavy (non-hydrogen) atoms. The molecular weight excluding hydrogens is 304 g/mol. The van der Waals surface area contributed by atoms with E-state index in [0.29, 0.717) is 18.8 Å². The van der Waals surface area contributed by atoms with Gasteiger partial charge in [0.15, 0.2) is 0 Å². The summed E-state index contributed by atoms with van der Waals surface area (Å²) in [5, 5.41) is 42.9. The largest absolute Gasteiger partial charge is 0.393 e. The molecule has 1 unspecified atom stereocenters. The van der Waals surface area contributed by atoms with E-state index >= 15 is 0 Å². The van der Waals surface area contributed by atoms with E-state index in [-0.39, 0.29) is 34.9 Å². The molecule has 0 aliphatic heterocycles. The highest BCUT2D eigenvalue weighted by Crippen LogP contribution is 2.76. The number of hydrogen-bond donors (Lipinski definition) is 4. The summed E-state index contributed by atoms with van der Waals surface area (Å²) in [5.74, 6) is 0.389. The van der Waals surface area contributed by atoms with Crippen molar-refractivity contribution in [3.05, 3.63) is 0 Å². The SMILES string of the molecule is CC1(C)C2CC[C@@]3(O)C[C@H]4C[C@@]3(CC[C@@]4(O)CO)[C@@]2(C)CC[C@@H]1O. The highest BCUT2D eigenvalue weighted by Gasteiger charge is 2.74. The Hall–Kier alpha value is -0.160. The summed E-state index contributed by atoms with van der Waals surface area (Å²) in [7, 11) is 0. The summed E-state index contributed by atoms with van der Waals surface area (Å²) < 4.78 is 0. The molecule has 138 valence electrons. The second kappa shape index (κ2) is 4.76. The molecule has 0 amide bonds. The fraction of sp³-hybridized carbons (Fsp3) is 1.00. The molecule has 4 heteroatoms. The Bertz CT molecular complexity index is 548. The summed E-state index contributed by atoms with van der Waals surface area (Å²) in [4.78, 5) is 0. The highest BCUT2D eigenvalue weighted by molar-refractivity contribution is 5.24. The average molecular weight is 338 g/mol. The summed E-state index contributed by atoms with van der Waals surface area (Å²) in [6.07, 6.45) is 6.01. The monoisotopic (exact) mass is 338 g/mol. The van der Waals surface area contributed by atoms with Gasteiger partial charge in [-0.2, -0.15) is 0 Å². The number of hydrogen-bond acceptors (Lipinski definition) is 4. The molecular formula is C20H34O4. The molecule has 4 saturated carbocycles. The molecule has 4 N–H and O–H groups in total. The van der Waals surface area contributed by atoms with Gasteiger partial charge in [0, 0.05) is 5.41 Å². The van der Waals surface area contributed by atoms with Crippen LogP contribution in [0.3, 0.4) is 0 Å². The Morgan fingerprint density at radius 1 is 0.917 bits per heavy atom. The van der Waals surface area contributed by atoms with Crippen molar-refractivity contribution >= 4 is 0 Å². The quantitative estimate of drug-likeness (QED) is 0.591. The van der Waals surface area contributed by atoms with Gasteiger partial charge in [-0.15, -0.1) is 0 Å². The molecule has 0 heterocycles. The second-order valence-electron chi connectivity index (χ2n) is 10.4. The van der Waals surface area contributed by atoms with Crippen LogP contribution >= 0.6 is 0 Å². The molecule has 2 bridgehead atoms. The van der Waals surface area contributed by atoms with Gasteiger partial charge in [0.25, 0.3) is 0 Å². The minimum absolute atomic E-state index is 0.00569. The number of aliphatic hydroxyl groups excluding tert-OH is 2. The Morgan fingerprint density at radius 3 is 2.29 bits per heavy atom. The average Bonchev–Trinajstić information content (AvgIpc) is 2.80. The van der Waals surface area contributed by atoms with Gasteiger partial charge in [-0.25, -0.2) is 0 Å².